The molecule has 139 valence electrons. The first-order chi connectivity index (χ1) is 13.5. The van der Waals surface area contributed by atoms with Crippen molar-refractivity contribution in [3.63, 3.8) is 0 Å². The summed E-state index contributed by atoms with van der Waals surface area (Å²) in [5.74, 6) is -1.23. The van der Waals surface area contributed by atoms with Crippen LogP contribution < -0.4 is 11.1 Å². The summed E-state index contributed by atoms with van der Waals surface area (Å²) in [4.78, 5) is 24.6. The minimum Gasteiger partial charge on any atom is -0.302 e. The van der Waals surface area contributed by atoms with E-state index in [0.29, 0.717) is 16.3 Å². The molecule has 0 fully saturated rings. The number of rotatable bonds is 4. The van der Waals surface area contributed by atoms with Crippen LogP contribution >= 0.6 is 11.6 Å². The van der Waals surface area contributed by atoms with Crippen LogP contribution in [-0.2, 0) is 0 Å². The second-order valence-corrected chi connectivity index (χ2v) is 6.14. The molecule has 0 aliphatic rings. The number of carbonyl (C=O) groups is 1. The molecule has 0 bridgehead atoms. The number of hydrogen-bond donors (Lipinski definition) is 1. The zero-order chi connectivity index (χ0) is 19.7. The van der Waals surface area contributed by atoms with Gasteiger partial charge in [0.25, 0.3) is 5.91 Å². The molecule has 0 saturated carbocycles. The Bertz CT molecular complexity index is 1210. The summed E-state index contributed by atoms with van der Waals surface area (Å²) in [6.45, 7) is 3.77. The number of benzene rings is 2. The smallest absolute Gasteiger partial charge is 0.302 e. The third-order valence-electron chi connectivity index (χ3n) is 3.82. The lowest BCUT2D eigenvalue weighted by Crippen LogP contribution is -2.15. The van der Waals surface area contributed by atoms with Gasteiger partial charge in [0.05, 0.1) is 5.69 Å². The Morgan fingerprint density at radius 2 is 1.89 bits per heavy atom. The molecular formula is C18H11ClN5O4. The molecule has 1 amide bonds. The number of hydrogen-bond acceptors (Lipinski definition) is 7. The van der Waals surface area contributed by atoms with Crippen molar-refractivity contribution in [1.29, 1.82) is 0 Å². The zero-order valence-electron chi connectivity index (χ0n) is 14.1. The maximum absolute atomic E-state index is 12.4. The van der Waals surface area contributed by atoms with Gasteiger partial charge in [-0.15, -0.1) is 0 Å². The zero-order valence-corrected chi connectivity index (χ0v) is 14.9. The first-order valence-electron chi connectivity index (χ1n) is 7.94. The summed E-state index contributed by atoms with van der Waals surface area (Å²) in [6, 6.07) is 13.1. The Balaban J connectivity index is 1.71. The molecule has 0 aliphatic heterocycles. The second-order valence-electron chi connectivity index (χ2n) is 5.70. The summed E-state index contributed by atoms with van der Waals surface area (Å²) in [5, 5.41) is 14.1. The fraction of sp³-hybridized carbons (Fsp3) is 0. The van der Waals surface area contributed by atoms with Crippen molar-refractivity contribution in [2.45, 2.75) is 0 Å². The molecule has 9 nitrogen and oxygen atoms in total. The van der Waals surface area contributed by atoms with Gasteiger partial charge < -0.3 is 5.32 Å². The summed E-state index contributed by atoms with van der Waals surface area (Å²) >= 11 is 6.00. The predicted octanol–water partition coefficient (Wildman–Crippen LogP) is 2.96. The Hall–Kier alpha value is -3.72. The fourth-order valence-electron chi connectivity index (χ4n) is 2.50. The van der Waals surface area contributed by atoms with Crippen molar-refractivity contribution in [2.24, 2.45) is 0 Å². The lowest BCUT2D eigenvalue weighted by molar-refractivity contribution is 0.102. The van der Waals surface area contributed by atoms with Gasteiger partial charge in [-0.1, -0.05) is 35.0 Å². The quantitative estimate of drug-likeness (QED) is 0.563. The standard InChI is InChI=1S/C18H11ClN5O4/c1-10-5-7-11(8-6-10)17(25)20-15-14(21-28-22-15)16-23-27-18(26)24(16)13-4-2-3-12(19)9-13/h2-9H,1H2,(H,20,22,25). The highest BCUT2D eigenvalue weighted by molar-refractivity contribution is 6.30. The van der Waals surface area contributed by atoms with Crippen LogP contribution in [0.4, 0.5) is 5.82 Å². The number of nitrogens with zero attached hydrogens (tertiary/aromatic N) is 4. The lowest BCUT2D eigenvalue weighted by Gasteiger charge is -2.05. The van der Waals surface area contributed by atoms with Gasteiger partial charge in [0.2, 0.25) is 11.6 Å². The van der Waals surface area contributed by atoms with E-state index >= 15 is 0 Å². The average molecular weight is 397 g/mol. The Kier molecular flexibility index (Phi) is 4.50. The van der Waals surface area contributed by atoms with Gasteiger partial charge in [-0.05, 0) is 53.1 Å². The van der Waals surface area contributed by atoms with Gasteiger partial charge in [0, 0.05) is 10.6 Å². The van der Waals surface area contributed by atoms with Crippen LogP contribution in [0.15, 0.2) is 62.5 Å². The first kappa shape index (κ1) is 17.7. The number of anilines is 1. The minimum atomic E-state index is -0.761. The Morgan fingerprint density at radius 1 is 1.11 bits per heavy atom. The molecule has 0 atom stereocenters. The van der Waals surface area contributed by atoms with Crippen molar-refractivity contribution in [1.82, 2.24) is 20.0 Å². The molecule has 1 radical (unpaired) electrons. The Morgan fingerprint density at radius 3 is 2.64 bits per heavy atom. The van der Waals surface area contributed by atoms with Crippen molar-refractivity contribution < 1.29 is 13.9 Å². The minimum absolute atomic E-state index is 0.00285. The highest BCUT2D eigenvalue weighted by Crippen LogP contribution is 2.25. The van der Waals surface area contributed by atoms with Crippen LogP contribution in [0, 0.1) is 6.92 Å². The molecule has 0 saturated heterocycles. The molecule has 2 aromatic heterocycles. The molecule has 1 N–H and O–H groups in total. The average Bonchev–Trinajstić information content (AvgIpc) is 3.28. The monoisotopic (exact) mass is 396 g/mol. The largest absolute Gasteiger partial charge is 0.446 e. The van der Waals surface area contributed by atoms with E-state index in [1.54, 1.807) is 48.5 Å². The summed E-state index contributed by atoms with van der Waals surface area (Å²) in [5.41, 5.74) is 1.58. The third-order valence-corrected chi connectivity index (χ3v) is 4.05. The molecule has 0 aliphatic carbocycles. The van der Waals surface area contributed by atoms with E-state index in [1.165, 1.54) is 0 Å². The molecule has 28 heavy (non-hydrogen) atoms. The lowest BCUT2D eigenvalue weighted by atomic mass is 10.1. The summed E-state index contributed by atoms with van der Waals surface area (Å²) in [6.07, 6.45) is 0. The highest BCUT2D eigenvalue weighted by Gasteiger charge is 2.24. The number of carbonyl (C=O) groups excluding carboxylic acids is 1. The van der Waals surface area contributed by atoms with Crippen molar-refractivity contribution in [2.75, 3.05) is 5.32 Å². The number of aromatic nitrogens is 4. The van der Waals surface area contributed by atoms with E-state index in [1.807, 2.05) is 0 Å². The van der Waals surface area contributed by atoms with E-state index in [-0.39, 0.29) is 17.3 Å². The van der Waals surface area contributed by atoms with Gasteiger partial charge in [-0.2, -0.15) is 0 Å². The number of nitrogens with one attached hydrogen (secondary N) is 1. The molecular weight excluding hydrogens is 386 g/mol. The normalized spacial score (nSPS) is 10.8. The molecule has 4 aromatic rings. The van der Waals surface area contributed by atoms with Crippen molar-refractivity contribution in [3.8, 4) is 17.2 Å². The Labute approximate surface area is 162 Å². The van der Waals surface area contributed by atoms with Crippen LogP contribution in [-0.4, -0.2) is 25.9 Å². The number of amides is 1. The van der Waals surface area contributed by atoms with Crippen LogP contribution in [0.1, 0.15) is 15.9 Å². The van der Waals surface area contributed by atoms with Crippen LogP contribution in [0.25, 0.3) is 17.2 Å². The van der Waals surface area contributed by atoms with Gasteiger partial charge in [-0.25, -0.2) is 14.0 Å². The van der Waals surface area contributed by atoms with E-state index in [9.17, 15) is 9.59 Å². The van der Waals surface area contributed by atoms with E-state index in [2.05, 4.69) is 27.7 Å². The first-order valence-corrected chi connectivity index (χ1v) is 8.31. The fourth-order valence-corrected chi connectivity index (χ4v) is 2.68. The second kappa shape index (κ2) is 7.12. The number of halogens is 1. The van der Waals surface area contributed by atoms with Crippen LogP contribution in [0.2, 0.25) is 5.02 Å². The van der Waals surface area contributed by atoms with E-state index in [4.69, 9.17) is 20.8 Å². The maximum Gasteiger partial charge on any atom is 0.446 e. The molecule has 0 spiro atoms. The van der Waals surface area contributed by atoms with Gasteiger partial charge >= 0.3 is 5.76 Å². The summed E-state index contributed by atoms with van der Waals surface area (Å²) in [7, 11) is 0. The predicted molar refractivity (Wildman–Crippen MR) is 99.3 cm³/mol. The van der Waals surface area contributed by atoms with Gasteiger partial charge in [0.15, 0.2) is 5.69 Å². The molecule has 10 heteroatoms. The molecule has 0 unspecified atom stereocenters. The van der Waals surface area contributed by atoms with Gasteiger partial charge in [0.1, 0.15) is 0 Å². The molecule has 2 aromatic carbocycles. The van der Waals surface area contributed by atoms with Crippen molar-refractivity contribution in [3.05, 3.63) is 82.2 Å². The molecule has 4 rings (SSSR count). The van der Waals surface area contributed by atoms with Crippen molar-refractivity contribution >= 4 is 23.3 Å². The molecule has 2 heterocycles. The third kappa shape index (κ3) is 3.30. The van der Waals surface area contributed by atoms with Crippen LogP contribution in [0.5, 0.6) is 0 Å². The van der Waals surface area contributed by atoms with Crippen LogP contribution in [0.3, 0.4) is 0 Å². The van der Waals surface area contributed by atoms with E-state index < -0.39 is 11.7 Å². The summed E-state index contributed by atoms with van der Waals surface area (Å²) < 4.78 is 10.6. The highest BCUT2D eigenvalue weighted by atomic mass is 35.5. The maximum atomic E-state index is 12.4. The topological polar surface area (TPSA) is 116 Å². The SMILES string of the molecule is [CH2]c1ccc(C(=O)Nc2nonc2-c2noc(=O)n2-c2cccc(Cl)c2)cc1. The van der Waals surface area contributed by atoms with Gasteiger partial charge in [-0.3, -0.25) is 9.32 Å². The van der Waals surface area contributed by atoms with E-state index in [0.717, 1.165) is 10.1 Å².